The topological polar surface area (TPSA) is 40.5 Å². The smallest absolute Gasteiger partial charge is 0.167 e. The third-order valence-corrected chi connectivity index (χ3v) is 3.99. The Morgan fingerprint density at radius 2 is 2.05 bits per heavy atom. The van der Waals surface area contributed by atoms with Crippen LogP contribution in [0.3, 0.4) is 0 Å². The van der Waals surface area contributed by atoms with Crippen LogP contribution in [-0.2, 0) is 0 Å². The molecule has 20 heavy (non-hydrogen) atoms. The van der Waals surface area contributed by atoms with Gasteiger partial charge in [0, 0.05) is 32.2 Å². The average Bonchev–Trinajstić information content (AvgIpc) is 2.39. The van der Waals surface area contributed by atoms with E-state index in [1.165, 1.54) is 25.3 Å². The van der Waals surface area contributed by atoms with Gasteiger partial charge in [-0.05, 0) is 31.4 Å². The number of carbonyl (C=O) groups excluding carboxylic acids is 1. The van der Waals surface area contributed by atoms with E-state index >= 15 is 0 Å². The summed E-state index contributed by atoms with van der Waals surface area (Å²) in [6.07, 6.45) is 4.63. The molecule has 0 saturated heterocycles. The van der Waals surface area contributed by atoms with E-state index in [4.69, 9.17) is 5.11 Å². The van der Waals surface area contributed by atoms with Crippen LogP contribution in [0.25, 0.3) is 0 Å². The molecule has 0 unspecified atom stereocenters. The number of halogens is 1. The number of nitrogens with zero attached hydrogens (tertiary/aromatic N) is 1. The summed E-state index contributed by atoms with van der Waals surface area (Å²) in [4.78, 5) is 14.3. The Balaban J connectivity index is 1.88. The Hall–Kier alpha value is -1.26. The SMILES string of the molecule is O=C(CCN(CCCO)C1CCC1)c1ccccc1F. The van der Waals surface area contributed by atoms with Crippen molar-refractivity contribution < 1.29 is 14.3 Å². The predicted octanol–water partition coefficient (Wildman–Crippen LogP) is 2.64. The first-order valence-corrected chi connectivity index (χ1v) is 7.35. The third-order valence-electron chi connectivity index (χ3n) is 3.99. The summed E-state index contributed by atoms with van der Waals surface area (Å²) in [7, 11) is 0. The molecule has 2 rings (SSSR count). The van der Waals surface area contributed by atoms with Crippen molar-refractivity contribution in [2.45, 2.75) is 38.1 Å². The number of Topliss-reactive ketones (excluding diaryl/α,β-unsaturated/α-hetero) is 1. The van der Waals surface area contributed by atoms with Gasteiger partial charge in [0.05, 0.1) is 5.56 Å². The van der Waals surface area contributed by atoms with Crippen LogP contribution < -0.4 is 0 Å². The van der Waals surface area contributed by atoms with Gasteiger partial charge >= 0.3 is 0 Å². The molecule has 0 aliphatic heterocycles. The molecule has 1 fully saturated rings. The first-order chi connectivity index (χ1) is 9.72. The second-order valence-corrected chi connectivity index (χ2v) is 5.35. The Bertz CT molecular complexity index is 446. The van der Waals surface area contributed by atoms with Gasteiger partial charge in [-0.15, -0.1) is 0 Å². The molecule has 3 nitrogen and oxygen atoms in total. The Morgan fingerprint density at radius 1 is 1.30 bits per heavy atom. The summed E-state index contributed by atoms with van der Waals surface area (Å²) in [5.74, 6) is -0.584. The largest absolute Gasteiger partial charge is 0.396 e. The van der Waals surface area contributed by atoms with Crippen molar-refractivity contribution in [3.63, 3.8) is 0 Å². The molecule has 0 bridgehead atoms. The van der Waals surface area contributed by atoms with Crippen LogP contribution in [0.15, 0.2) is 24.3 Å². The molecule has 1 aliphatic carbocycles. The molecular formula is C16H22FNO2. The van der Waals surface area contributed by atoms with Gasteiger partial charge in [-0.3, -0.25) is 9.69 Å². The summed E-state index contributed by atoms with van der Waals surface area (Å²) >= 11 is 0. The van der Waals surface area contributed by atoms with E-state index in [9.17, 15) is 9.18 Å². The average molecular weight is 279 g/mol. The highest BCUT2D eigenvalue weighted by atomic mass is 19.1. The molecule has 0 amide bonds. The van der Waals surface area contributed by atoms with Crippen LogP contribution in [0, 0.1) is 5.82 Å². The minimum absolute atomic E-state index is 0.142. The molecule has 0 atom stereocenters. The Kier molecular flexibility index (Phi) is 5.68. The monoisotopic (exact) mass is 279 g/mol. The molecule has 1 N–H and O–H groups in total. The van der Waals surface area contributed by atoms with Gasteiger partial charge < -0.3 is 5.11 Å². The number of rotatable bonds is 8. The standard InChI is InChI=1S/C16H22FNO2/c17-15-8-2-1-7-14(15)16(20)9-11-18(10-4-12-19)13-5-3-6-13/h1-2,7-8,13,19H,3-6,9-12H2. The number of hydrogen-bond acceptors (Lipinski definition) is 3. The van der Waals surface area contributed by atoms with Crippen molar-refractivity contribution in [3.05, 3.63) is 35.6 Å². The van der Waals surface area contributed by atoms with Gasteiger partial charge in [0.25, 0.3) is 0 Å². The molecule has 1 aliphatic rings. The maximum absolute atomic E-state index is 13.5. The van der Waals surface area contributed by atoms with E-state index in [0.717, 1.165) is 13.0 Å². The van der Waals surface area contributed by atoms with E-state index in [1.807, 2.05) is 0 Å². The van der Waals surface area contributed by atoms with Crippen molar-refractivity contribution in [1.29, 1.82) is 0 Å². The molecule has 0 radical (unpaired) electrons. The fourth-order valence-electron chi connectivity index (χ4n) is 2.57. The van der Waals surface area contributed by atoms with Gasteiger partial charge in [0.15, 0.2) is 5.78 Å². The van der Waals surface area contributed by atoms with E-state index in [1.54, 1.807) is 18.2 Å². The zero-order chi connectivity index (χ0) is 14.4. The molecule has 1 aromatic carbocycles. The summed E-state index contributed by atoms with van der Waals surface area (Å²) in [5.41, 5.74) is 0.184. The van der Waals surface area contributed by atoms with Crippen LogP contribution in [0.2, 0.25) is 0 Å². The fraction of sp³-hybridized carbons (Fsp3) is 0.562. The van der Waals surface area contributed by atoms with Gasteiger partial charge in [-0.1, -0.05) is 18.6 Å². The van der Waals surface area contributed by atoms with Crippen molar-refractivity contribution in [1.82, 2.24) is 4.90 Å². The first kappa shape index (κ1) is 15.1. The summed E-state index contributed by atoms with van der Waals surface area (Å²) < 4.78 is 13.5. The summed E-state index contributed by atoms with van der Waals surface area (Å²) in [5, 5.41) is 8.94. The Labute approximate surface area is 119 Å². The normalized spacial score (nSPS) is 15.3. The van der Waals surface area contributed by atoms with E-state index in [2.05, 4.69) is 4.90 Å². The highest BCUT2D eigenvalue weighted by molar-refractivity contribution is 5.96. The lowest BCUT2D eigenvalue weighted by Gasteiger charge is -2.37. The van der Waals surface area contributed by atoms with Crippen LogP contribution in [0.1, 0.15) is 42.5 Å². The highest BCUT2D eigenvalue weighted by Gasteiger charge is 2.25. The van der Waals surface area contributed by atoms with Gasteiger partial charge in [0.1, 0.15) is 5.82 Å². The van der Waals surface area contributed by atoms with Crippen molar-refractivity contribution >= 4 is 5.78 Å². The number of aliphatic hydroxyl groups is 1. The zero-order valence-electron chi connectivity index (χ0n) is 11.7. The van der Waals surface area contributed by atoms with Crippen molar-refractivity contribution in [2.75, 3.05) is 19.7 Å². The van der Waals surface area contributed by atoms with E-state index in [0.29, 0.717) is 19.0 Å². The van der Waals surface area contributed by atoms with Crippen LogP contribution in [0.5, 0.6) is 0 Å². The molecule has 0 aromatic heterocycles. The third kappa shape index (κ3) is 3.87. The maximum atomic E-state index is 13.5. The molecule has 0 heterocycles. The van der Waals surface area contributed by atoms with E-state index < -0.39 is 5.82 Å². The van der Waals surface area contributed by atoms with Gasteiger partial charge in [-0.25, -0.2) is 4.39 Å². The number of hydrogen-bond donors (Lipinski definition) is 1. The minimum Gasteiger partial charge on any atom is -0.396 e. The maximum Gasteiger partial charge on any atom is 0.167 e. The lowest BCUT2D eigenvalue weighted by atomic mass is 9.91. The van der Waals surface area contributed by atoms with Crippen LogP contribution in [-0.4, -0.2) is 41.5 Å². The highest BCUT2D eigenvalue weighted by Crippen LogP contribution is 2.25. The second-order valence-electron chi connectivity index (χ2n) is 5.35. The number of aliphatic hydroxyl groups excluding tert-OH is 1. The van der Waals surface area contributed by atoms with Crippen molar-refractivity contribution in [2.24, 2.45) is 0 Å². The molecule has 110 valence electrons. The molecule has 4 heteroatoms. The van der Waals surface area contributed by atoms with Crippen molar-refractivity contribution in [3.8, 4) is 0 Å². The zero-order valence-corrected chi connectivity index (χ0v) is 11.7. The number of benzene rings is 1. The Morgan fingerprint density at radius 3 is 2.65 bits per heavy atom. The lowest BCUT2D eigenvalue weighted by Crippen LogP contribution is -2.42. The first-order valence-electron chi connectivity index (χ1n) is 7.35. The quantitative estimate of drug-likeness (QED) is 0.744. The van der Waals surface area contributed by atoms with Gasteiger partial charge in [-0.2, -0.15) is 0 Å². The number of ketones is 1. The molecule has 1 saturated carbocycles. The molecular weight excluding hydrogens is 257 g/mol. The molecule has 1 aromatic rings. The minimum atomic E-state index is -0.442. The van der Waals surface area contributed by atoms with Crippen LogP contribution >= 0.6 is 0 Å². The second kappa shape index (κ2) is 7.50. The predicted molar refractivity (Wildman–Crippen MR) is 76.3 cm³/mol. The lowest BCUT2D eigenvalue weighted by molar-refractivity contribution is 0.0884. The number of carbonyl (C=O) groups is 1. The fourth-order valence-corrected chi connectivity index (χ4v) is 2.57. The van der Waals surface area contributed by atoms with Crippen LogP contribution in [0.4, 0.5) is 4.39 Å². The summed E-state index contributed by atoms with van der Waals surface area (Å²) in [6.45, 7) is 1.63. The summed E-state index contributed by atoms with van der Waals surface area (Å²) in [6, 6.07) is 6.68. The van der Waals surface area contributed by atoms with Gasteiger partial charge in [0.2, 0.25) is 0 Å². The van der Waals surface area contributed by atoms with E-state index in [-0.39, 0.29) is 18.0 Å². The molecule has 0 spiro atoms.